The van der Waals surface area contributed by atoms with E-state index >= 15 is 0 Å². The number of nitrogens with one attached hydrogen (secondary N) is 2. The Morgan fingerprint density at radius 1 is 1.19 bits per heavy atom. The molecule has 0 bridgehead atoms. The van der Waals surface area contributed by atoms with E-state index in [1.54, 1.807) is 7.05 Å². The molecule has 4 rings (SSSR count). The van der Waals surface area contributed by atoms with Gasteiger partial charge in [0, 0.05) is 20.0 Å². The van der Waals surface area contributed by atoms with Crippen LogP contribution < -0.4 is 20.1 Å². The number of hydrogen-bond acceptors (Lipinski definition) is 6. The van der Waals surface area contributed by atoms with Gasteiger partial charge < -0.3 is 25.0 Å². The second kappa shape index (κ2) is 10.3. The van der Waals surface area contributed by atoms with Crippen molar-refractivity contribution in [2.24, 2.45) is 5.92 Å². The molecule has 1 aromatic carbocycles. The van der Waals surface area contributed by atoms with Gasteiger partial charge >= 0.3 is 6.18 Å². The topological polar surface area (TPSA) is 110 Å². The van der Waals surface area contributed by atoms with Gasteiger partial charge in [-0.25, -0.2) is 0 Å². The highest BCUT2D eigenvalue weighted by Gasteiger charge is 2.51. The molecule has 1 aliphatic heterocycles. The van der Waals surface area contributed by atoms with Crippen molar-refractivity contribution < 1.29 is 37.0 Å². The standard InChI is InChI=1S/C25H27F3N4O5/c1-32-14-15(3-8-21(32)33)22(34)31-24(9-10-24)23(35)30-12-16-4-5-18(13-29-16)37-20-7-6-17(36-2)11-19(20)25(26,27)28/h4-7,11,13,15H,3,8-10,12,14H2,1-2H3,(H,30,35)(H,31,34). The van der Waals surface area contributed by atoms with Crippen LogP contribution in [-0.4, -0.2) is 53.8 Å². The van der Waals surface area contributed by atoms with Gasteiger partial charge in [-0.15, -0.1) is 0 Å². The summed E-state index contributed by atoms with van der Waals surface area (Å²) in [5.74, 6) is -1.19. The molecule has 3 amide bonds. The fourth-order valence-electron chi connectivity index (χ4n) is 4.09. The summed E-state index contributed by atoms with van der Waals surface area (Å²) in [6.07, 6.45) is -1.60. The molecule has 0 spiro atoms. The summed E-state index contributed by atoms with van der Waals surface area (Å²) >= 11 is 0. The Balaban J connectivity index is 1.32. The van der Waals surface area contributed by atoms with E-state index in [0.29, 0.717) is 37.9 Å². The Bertz CT molecular complexity index is 1180. The zero-order valence-corrected chi connectivity index (χ0v) is 20.4. The number of hydrogen-bond donors (Lipinski definition) is 2. The van der Waals surface area contributed by atoms with E-state index in [1.165, 1.54) is 42.5 Å². The highest BCUT2D eigenvalue weighted by atomic mass is 19.4. The molecule has 2 fully saturated rings. The van der Waals surface area contributed by atoms with Crippen molar-refractivity contribution in [3.05, 3.63) is 47.8 Å². The maximum absolute atomic E-state index is 13.4. The maximum atomic E-state index is 13.4. The summed E-state index contributed by atoms with van der Waals surface area (Å²) in [7, 11) is 2.92. The van der Waals surface area contributed by atoms with E-state index in [-0.39, 0.29) is 41.7 Å². The van der Waals surface area contributed by atoms with E-state index in [9.17, 15) is 27.6 Å². The van der Waals surface area contributed by atoms with Crippen LogP contribution in [0.4, 0.5) is 13.2 Å². The van der Waals surface area contributed by atoms with Gasteiger partial charge in [0.15, 0.2) is 0 Å². The molecular weight excluding hydrogens is 493 g/mol. The number of methoxy groups -OCH3 is 1. The molecule has 12 heteroatoms. The first-order valence-corrected chi connectivity index (χ1v) is 11.7. The van der Waals surface area contributed by atoms with Gasteiger partial charge in [-0.05, 0) is 49.6 Å². The van der Waals surface area contributed by atoms with Gasteiger partial charge in [-0.1, -0.05) is 0 Å². The van der Waals surface area contributed by atoms with E-state index in [2.05, 4.69) is 15.6 Å². The second-order valence-corrected chi connectivity index (χ2v) is 9.21. The normalized spacial score (nSPS) is 18.7. The number of amides is 3. The summed E-state index contributed by atoms with van der Waals surface area (Å²) in [6.45, 7) is 0.384. The van der Waals surface area contributed by atoms with Gasteiger partial charge in [0.1, 0.15) is 28.4 Å². The van der Waals surface area contributed by atoms with Crippen LogP contribution in [-0.2, 0) is 27.1 Å². The number of rotatable bonds is 8. The van der Waals surface area contributed by atoms with Crippen LogP contribution in [0.1, 0.15) is 36.9 Å². The first-order valence-electron chi connectivity index (χ1n) is 11.7. The van der Waals surface area contributed by atoms with Crippen LogP contribution in [0.2, 0.25) is 0 Å². The van der Waals surface area contributed by atoms with E-state index < -0.39 is 23.0 Å². The number of likely N-dealkylation sites (tertiary alicyclic amines) is 1. The molecule has 198 valence electrons. The molecule has 1 unspecified atom stereocenters. The Morgan fingerprint density at radius 2 is 1.92 bits per heavy atom. The number of halogens is 3. The van der Waals surface area contributed by atoms with Gasteiger partial charge in [-0.2, -0.15) is 13.2 Å². The summed E-state index contributed by atoms with van der Waals surface area (Å²) in [5, 5.41) is 5.59. The molecule has 0 radical (unpaired) electrons. The number of piperidine rings is 1. The summed E-state index contributed by atoms with van der Waals surface area (Å²) in [4.78, 5) is 42.7. The van der Waals surface area contributed by atoms with Gasteiger partial charge in [0.2, 0.25) is 17.7 Å². The summed E-state index contributed by atoms with van der Waals surface area (Å²) < 4.78 is 50.4. The zero-order valence-electron chi connectivity index (χ0n) is 20.4. The van der Waals surface area contributed by atoms with E-state index in [1.807, 2.05) is 0 Å². The number of aromatic nitrogens is 1. The van der Waals surface area contributed by atoms with Crippen LogP contribution >= 0.6 is 0 Å². The first kappa shape index (κ1) is 26.2. The minimum Gasteiger partial charge on any atom is -0.497 e. The molecule has 2 aromatic rings. The zero-order chi connectivity index (χ0) is 26.8. The summed E-state index contributed by atoms with van der Waals surface area (Å²) in [6, 6.07) is 6.36. The molecule has 2 aliphatic rings. The predicted molar refractivity (Wildman–Crippen MR) is 125 cm³/mol. The van der Waals surface area contributed by atoms with Crippen molar-refractivity contribution in [2.75, 3.05) is 20.7 Å². The Kier molecular flexibility index (Phi) is 7.28. The van der Waals surface area contributed by atoms with Crippen LogP contribution in [0.15, 0.2) is 36.5 Å². The number of benzene rings is 1. The van der Waals surface area contributed by atoms with Crippen LogP contribution in [0.25, 0.3) is 0 Å². The molecule has 2 N–H and O–H groups in total. The number of carbonyl (C=O) groups excluding carboxylic acids is 3. The van der Waals surface area contributed by atoms with Crippen LogP contribution in [0.3, 0.4) is 0 Å². The number of alkyl halides is 3. The fourth-order valence-corrected chi connectivity index (χ4v) is 4.09. The van der Waals surface area contributed by atoms with Crippen molar-refractivity contribution in [2.45, 2.75) is 43.9 Å². The quantitative estimate of drug-likeness (QED) is 0.554. The monoisotopic (exact) mass is 520 g/mol. The van der Waals surface area contributed by atoms with Crippen molar-refractivity contribution in [3.63, 3.8) is 0 Å². The molecule has 1 atom stereocenters. The van der Waals surface area contributed by atoms with Gasteiger partial charge in [-0.3, -0.25) is 19.4 Å². The third-order valence-corrected chi connectivity index (χ3v) is 6.49. The molecule has 2 heterocycles. The van der Waals surface area contributed by atoms with Crippen molar-refractivity contribution in [1.29, 1.82) is 0 Å². The highest BCUT2D eigenvalue weighted by molar-refractivity contribution is 5.95. The van der Waals surface area contributed by atoms with Crippen molar-refractivity contribution in [1.82, 2.24) is 20.5 Å². The third-order valence-electron chi connectivity index (χ3n) is 6.49. The van der Waals surface area contributed by atoms with E-state index in [4.69, 9.17) is 9.47 Å². The number of ether oxygens (including phenoxy) is 2. The van der Waals surface area contributed by atoms with Crippen molar-refractivity contribution >= 4 is 17.7 Å². The van der Waals surface area contributed by atoms with Gasteiger partial charge in [0.25, 0.3) is 0 Å². The average Bonchev–Trinajstić information content (AvgIpc) is 3.65. The minimum atomic E-state index is -4.64. The highest BCUT2D eigenvalue weighted by Crippen LogP contribution is 2.40. The number of pyridine rings is 1. The van der Waals surface area contributed by atoms with Crippen molar-refractivity contribution in [3.8, 4) is 17.2 Å². The Labute approximate surface area is 211 Å². The second-order valence-electron chi connectivity index (χ2n) is 9.21. The van der Waals surface area contributed by atoms with Crippen LogP contribution in [0, 0.1) is 5.92 Å². The smallest absolute Gasteiger partial charge is 0.420 e. The maximum Gasteiger partial charge on any atom is 0.420 e. The average molecular weight is 521 g/mol. The molecule has 1 aliphatic carbocycles. The predicted octanol–water partition coefficient (Wildman–Crippen LogP) is 3.03. The largest absolute Gasteiger partial charge is 0.497 e. The fraction of sp³-hybridized carbons (Fsp3) is 0.440. The van der Waals surface area contributed by atoms with Crippen LogP contribution in [0.5, 0.6) is 17.2 Å². The molecule has 1 aromatic heterocycles. The lowest BCUT2D eigenvalue weighted by Gasteiger charge is -2.30. The third kappa shape index (κ3) is 6.12. The molecule has 9 nitrogen and oxygen atoms in total. The Hall–Kier alpha value is -3.83. The lowest BCUT2D eigenvalue weighted by molar-refractivity contribution is -0.139. The molecule has 1 saturated carbocycles. The summed E-state index contributed by atoms with van der Waals surface area (Å²) in [5.41, 5.74) is -1.49. The molecular formula is C25H27F3N4O5. The first-order chi connectivity index (χ1) is 17.5. The SMILES string of the molecule is COc1ccc(Oc2ccc(CNC(=O)C3(NC(=O)C4CCC(=O)N(C)C4)CC3)nc2)c(C(F)(F)F)c1. The number of carbonyl (C=O) groups is 3. The van der Waals surface area contributed by atoms with E-state index in [0.717, 1.165) is 6.07 Å². The Morgan fingerprint density at radius 3 is 2.51 bits per heavy atom. The molecule has 37 heavy (non-hydrogen) atoms. The number of nitrogens with zero attached hydrogens (tertiary/aromatic N) is 2. The molecule has 1 saturated heterocycles. The lowest BCUT2D eigenvalue weighted by Crippen LogP contribution is -2.52. The van der Waals surface area contributed by atoms with Gasteiger partial charge in [0.05, 0.1) is 31.5 Å². The minimum absolute atomic E-state index is 0.00311. The lowest BCUT2D eigenvalue weighted by atomic mass is 9.96.